The van der Waals surface area contributed by atoms with Crippen LogP contribution in [0.25, 0.3) is 0 Å². The van der Waals surface area contributed by atoms with E-state index in [-0.39, 0.29) is 6.04 Å². The summed E-state index contributed by atoms with van der Waals surface area (Å²) in [6.45, 7) is 0. The van der Waals surface area contributed by atoms with Crippen LogP contribution in [-0.4, -0.2) is 18.5 Å². The highest BCUT2D eigenvalue weighted by Crippen LogP contribution is 2.27. The predicted octanol–water partition coefficient (Wildman–Crippen LogP) is 2.48. The molecule has 1 aliphatic carbocycles. The molecule has 0 aliphatic heterocycles. The van der Waals surface area contributed by atoms with Crippen LogP contribution in [0.1, 0.15) is 55.6 Å². The van der Waals surface area contributed by atoms with E-state index in [1.165, 1.54) is 43.8 Å². The third kappa shape index (κ3) is 3.01. The van der Waals surface area contributed by atoms with Crippen molar-refractivity contribution >= 4 is 11.7 Å². The van der Waals surface area contributed by atoms with Crippen molar-refractivity contribution in [1.82, 2.24) is 18.5 Å². The SMILES string of the molecule is NC(Cc1ccn(C2CCCCC2)n1)c1cnsn1. The van der Waals surface area contributed by atoms with Gasteiger partial charge < -0.3 is 5.73 Å². The second kappa shape index (κ2) is 5.79. The summed E-state index contributed by atoms with van der Waals surface area (Å²) in [5.41, 5.74) is 8.02. The standard InChI is InChI=1S/C13H19N5S/c14-12(13-9-15-19-17-13)8-10-6-7-18(16-10)11-4-2-1-3-5-11/h6-7,9,11-12H,1-5,8,14H2. The number of hydrogen-bond acceptors (Lipinski definition) is 5. The van der Waals surface area contributed by atoms with E-state index in [0.29, 0.717) is 6.04 Å². The summed E-state index contributed by atoms with van der Waals surface area (Å²) in [5.74, 6) is 0. The summed E-state index contributed by atoms with van der Waals surface area (Å²) in [6.07, 6.45) is 11.1. The molecule has 5 nitrogen and oxygen atoms in total. The molecule has 1 saturated carbocycles. The largest absolute Gasteiger partial charge is 0.322 e. The topological polar surface area (TPSA) is 69.6 Å². The van der Waals surface area contributed by atoms with Crippen molar-refractivity contribution in [2.75, 3.05) is 0 Å². The van der Waals surface area contributed by atoms with Crippen molar-refractivity contribution in [3.05, 3.63) is 29.8 Å². The molecule has 2 heterocycles. The zero-order chi connectivity index (χ0) is 13.1. The highest BCUT2D eigenvalue weighted by molar-refractivity contribution is 6.99. The minimum Gasteiger partial charge on any atom is -0.322 e. The lowest BCUT2D eigenvalue weighted by Gasteiger charge is -2.21. The first-order valence-corrected chi connectivity index (χ1v) is 7.63. The van der Waals surface area contributed by atoms with Gasteiger partial charge in [-0.2, -0.15) is 13.8 Å². The Bertz CT molecular complexity index is 501. The first-order chi connectivity index (χ1) is 9.33. The van der Waals surface area contributed by atoms with Gasteiger partial charge in [0.25, 0.3) is 0 Å². The quantitative estimate of drug-likeness (QED) is 0.932. The van der Waals surface area contributed by atoms with Gasteiger partial charge in [0.05, 0.1) is 41.4 Å². The lowest BCUT2D eigenvalue weighted by molar-refractivity contribution is 0.328. The highest BCUT2D eigenvalue weighted by Gasteiger charge is 2.17. The van der Waals surface area contributed by atoms with Gasteiger partial charge in [0, 0.05) is 12.6 Å². The average molecular weight is 277 g/mol. The molecule has 0 spiro atoms. The van der Waals surface area contributed by atoms with Crippen LogP contribution in [0.4, 0.5) is 0 Å². The van der Waals surface area contributed by atoms with Crippen molar-refractivity contribution in [3.8, 4) is 0 Å². The first-order valence-electron chi connectivity index (χ1n) is 6.90. The Morgan fingerprint density at radius 1 is 1.37 bits per heavy atom. The van der Waals surface area contributed by atoms with E-state index in [2.05, 4.69) is 30.8 Å². The fourth-order valence-electron chi connectivity index (χ4n) is 2.70. The predicted molar refractivity (Wildman–Crippen MR) is 74.9 cm³/mol. The monoisotopic (exact) mass is 277 g/mol. The van der Waals surface area contributed by atoms with Crippen LogP contribution in [0.3, 0.4) is 0 Å². The van der Waals surface area contributed by atoms with Crippen LogP contribution in [-0.2, 0) is 6.42 Å². The summed E-state index contributed by atoms with van der Waals surface area (Å²) < 4.78 is 10.3. The van der Waals surface area contributed by atoms with E-state index in [0.717, 1.165) is 17.8 Å². The Balaban J connectivity index is 1.64. The molecule has 1 unspecified atom stereocenters. The minimum absolute atomic E-state index is 0.103. The van der Waals surface area contributed by atoms with Gasteiger partial charge in [-0.15, -0.1) is 0 Å². The number of aromatic nitrogens is 4. The summed E-state index contributed by atoms with van der Waals surface area (Å²) in [6, 6.07) is 2.56. The molecule has 19 heavy (non-hydrogen) atoms. The second-order valence-electron chi connectivity index (χ2n) is 5.22. The lowest BCUT2D eigenvalue weighted by Crippen LogP contribution is -2.16. The maximum Gasteiger partial charge on any atom is 0.0914 e. The molecular weight excluding hydrogens is 258 g/mol. The average Bonchev–Trinajstić information content (AvgIpc) is 3.11. The van der Waals surface area contributed by atoms with Crippen LogP contribution in [0.5, 0.6) is 0 Å². The normalized spacial score (nSPS) is 18.6. The molecule has 6 heteroatoms. The molecule has 3 rings (SSSR count). The molecule has 102 valence electrons. The van der Waals surface area contributed by atoms with Gasteiger partial charge in [0.1, 0.15) is 0 Å². The van der Waals surface area contributed by atoms with E-state index < -0.39 is 0 Å². The fourth-order valence-corrected chi connectivity index (χ4v) is 3.18. The van der Waals surface area contributed by atoms with Crippen LogP contribution in [0, 0.1) is 0 Å². The van der Waals surface area contributed by atoms with Gasteiger partial charge in [0.15, 0.2) is 0 Å². The van der Waals surface area contributed by atoms with Crippen molar-refractivity contribution in [2.24, 2.45) is 5.73 Å². The number of nitrogens with two attached hydrogens (primary N) is 1. The Labute approximate surface area is 117 Å². The minimum atomic E-state index is -0.103. The molecule has 0 radical (unpaired) electrons. The van der Waals surface area contributed by atoms with E-state index in [1.54, 1.807) is 6.20 Å². The van der Waals surface area contributed by atoms with Crippen LogP contribution in [0.2, 0.25) is 0 Å². The Morgan fingerprint density at radius 3 is 2.95 bits per heavy atom. The summed E-state index contributed by atoms with van der Waals surface area (Å²) in [5, 5.41) is 4.68. The number of hydrogen-bond donors (Lipinski definition) is 1. The second-order valence-corrected chi connectivity index (χ2v) is 5.78. The fraction of sp³-hybridized carbons (Fsp3) is 0.615. The van der Waals surface area contributed by atoms with Gasteiger partial charge in [-0.05, 0) is 18.9 Å². The van der Waals surface area contributed by atoms with Crippen LogP contribution < -0.4 is 5.73 Å². The number of nitrogens with zero attached hydrogens (tertiary/aromatic N) is 4. The molecule has 2 N–H and O–H groups in total. The number of rotatable bonds is 4. The third-order valence-corrected chi connectivity index (χ3v) is 4.29. The molecule has 2 aromatic heterocycles. The molecule has 2 aromatic rings. The van der Waals surface area contributed by atoms with Crippen molar-refractivity contribution in [1.29, 1.82) is 0 Å². The van der Waals surface area contributed by atoms with Crippen LogP contribution in [0.15, 0.2) is 18.5 Å². The molecule has 0 aromatic carbocycles. The van der Waals surface area contributed by atoms with Crippen molar-refractivity contribution in [3.63, 3.8) is 0 Å². The zero-order valence-electron chi connectivity index (χ0n) is 10.9. The maximum atomic E-state index is 6.11. The smallest absolute Gasteiger partial charge is 0.0914 e. The van der Waals surface area contributed by atoms with E-state index in [9.17, 15) is 0 Å². The Morgan fingerprint density at radius 2 is 2.21 bits per heavy atom. The molecule has 1 atom stereocenters. The third-order valence-electron chi connectivity index (χ3n) is 3.80. The van der Waals surface area contributed by atoms with E-state index >= 15 is 0 Å². The van der Waals surface area contributed by atoms with Crippen molar-refractivity contribution in [2.45, 2.75) is 50.6 Å². The summed E-state index contributed by atoms with van der Waals surface area (Å²) in [4.78, 5) is 0. The van der Waals surface area contributed by atoms with E-state index in [1.807, 2.05) is 0 Å². The molecule has 1 aliphatic rings. The first kappa shape index (κ1) is 12.7. The van der Waals surface area contributed by atoms with Gasteiger partial charge >= 0.3 is 0 Å². The van der Waals surface area contributed by atoms with E-state index in [4.69, 9.17) is 5.73 Å². The Kier molecular flexibility index (Phi) is 3.89. The molecular formula is C13H19N5S. The van der Waals surface area contributed by atoms with Gasteiger partial charge in [0.2, 0.25) is 0 Å². The van der Waals surface area contributed by atoms with Gasteiger partial charge in [-0.3, -0.25) is 4.68 Å². The van der Waals surface area contributed by atoms with Gasteiger partial charge in [-0.1, -0.05) is 19.3 Å². The van der Waals surface area contributed by atoms with Crippen LogP contribution >= 0.6 is 11.7 Å². The molecule has 0 amide bonds. The Hall–Kier alpha value is -1.27. The molecule has 0 saturated heterocycles. The molecule has 1 fully saturated rings. The lowest BCUT2D eigenvalue weighted by atomic mass is 9.96. The maximum absolute atomic E-state index is 6.11. The summed E-state index contributed by atoms with van der Waals surface area (Å²) >= 11 is 1.20. The highest BCUT2D eigenvalue weighted by atomic mass is 32.1. The van der Waals surface area contributed by atoms with Crippen molar-refractivity contribution < 1.29 is 0 Å². The zero-order valence-corrected chi connectivity index (χ0v) is 11.7. The van der Waals surface area contributed by atoms with Gasteiger partial charge in [-0.25, -0.2) is 0 Å². The molecule has 0 bridgehead atoms. The summed E-state index contributed by atoms with van der Waals surface area (Å²) in [7, 11) is 0.